The lowest BCUT2D eigenvalue weighted by Crippen LogP contribution is -2.30. The summed E-state index contributed by atoms with van der Waals surface area (Å²) in [5.74, 6) is 0. The fourth-order valence-corrected chi connectivity index (χ4v) is 2.34. The van der Waals surface area contributed by atoms with Gasteiger partial charge in [-0.1, -0.05) is 30.3 Å². The zero-order chi connectivity index (χ0) is 10.8. The molecule has 1 heterocycles. The first-order valence-corrected chi connectivity index (χ1v) is 5.36. The topological polar surface area (TPSA) is 66.5 Å². The Bertz CT molecular complexity index is 456. The molecule has 0 bridgehead atoms. The highest BCUT2D eigenvalue weighted by Gasteiger charge is 2.20. The summed E-state index contributed by atoms with van der Waals surface area (Å²) in [6.07, 6.45) is 0. The van der Waals surface area contributed by atoms with Crippen LogP contribution in [-0.2, 0) is 0 Å². The van der Waals surface area contributed by atoms with Gasteiger partial charge in [-0.25, -0.2) is 0 Å². The summed E-state index contributed by atoms with van der Waals surface area (Å²) in [6.45, 7) is 0. The first-order valence-electron chi connectivity index (χ1n) is 4.48. The minimum absolute atomic E-state index is 0.462. The Labute approximate surface area is 91.9 Å². The minimum atomic E-state index is -1.48. The highest BCUT2D eigenvalue weighted by Crippen LogP contribution is 2.28. The average Bonchev–Trinajstić information content (AvgIpc) is 2.61. The van der Waals surface area contributed by atoms with E-state index in [-0.39, 0.29) is 0 Å². The molecular formula is C10H10BNO2S. The lowest BCUT2D eigenvalue weighted by atomic mass is 9.78. The van der Waals surface area contributed by atoms with Gasteiger partial charge in [-0.05, 0) is 10.9 Å². The predicted molar refractivity (Wildman–Crippen MR) is 64.0 cm³/mol. The van der Waals surface area contributed by atoms with Crippen LogP contribution >= 0.6 is 11.3 Å². The molecule has 0 amide bonds. The van der Waals surface area contributed by atoms with Gasteiger partial charge in [0.2, 0.25) is 0 Å². The van der Waals surface area contributed by atoms with Crippen LogP contribution in [0.3, 0.4) is 0 Å². The summed E-state index contributed by atoms with van der Waals surface area (Å²) in [6, 6.07) is 9.47. The molecule has 1 aromatic carbocycles. The maximum Gasteiger partial charge on any atom is 0.490 e. The molecule has 0 spiro atoms. The van der Waals surface area contributed by atoms with E-state index in [9.17, 15) is 10.0 Å². The second kappa shape index (κ2) is 4.06. The SMILES string of the molecule is Nc1scc(B(O)O)c1-c1ccccc1. The van der Waals surface area contributed by atoms with E-state index in [2.05, 4.69) is 0 Å². The summed E-state index contributed by atoms with van der Waals surface area (Å²) < 4.78 is 0. The van der Waals surface area contributed by atoms with E-state index >= 15 is 0 Å². The van der Waals surface area contributed by atoms with E-state index in [0.29, 0.717) is 10.5 Å². The van der Waals surface area contributed by atoms with Crippen LogP contribution in [-0.4, -0.2) is 17.2 Å². The molecule has 0 saturated carbocycles. The molecule has 5 heteroatoms. The van der Waals surface area contributed by atoms with Crippen molar-refractivity contribution in [3.05, 3.63) is 35.7 Å². The molecule has 0 atom stereocenters. The number of nitrogens with two attached hydrogens (primary N) is 1. The summed E-state index contributed by atoms with van der Waals surface area (Å²) >= 11 is 1.31. The van der Waals surface area contributed by atoms with Crippen molar-refractivity contribution >= 4 is 28.9 Å². The maximum absolute atomic E-state index is 9.19. The van der Waals surface area contributed by atoms with E-state index in [4.69, 9.17) is 5.73 Å². The van der Waals surface area contributed by atoms with Gasteiger partial charge in [-0.15, -0.1) is 11.3 Å². The van der Waals surface area contributed by atoms with Crippen molar-refractivity contribution in [2.75, 3.05) is 5.73 Å². The second-order valence-electron chi connectivity index (χ2n) is 3.17. The van der Waals surface area contributed by atoms with Crippen molar-refractivity contribution in [2.45, 2.75) is 0 Å². The smallest absolute Gasteiger partial charge is 0.423 e. The molecule has 2 aromatic rings. The van der Waals surface area contributed by atoms with Gasteiger partial charge >= 0.3 is 7.12 Å². The Kier molecular flexibility index (Phi) is 2.77. The third-order valence-corrected chi connectivity index (χ3v) is 3.02. The van der Waals surface area contributed by atoms with E-state index in [1.165, 1.54) is 11.3 Å². The second-order valence-corrected chi connectivity index (χ2v) is 4.08. The van der Waals surface area contributed by atoms with Crippen LogP contribution in [0.25, 0.3) is 11.1 Å². The molecule has 0 aliphatic rings. The van der Waals surface area contributed by atoms with Gasteiger partial charge < -0.3 is 15.8 Å². The molecule has 0 aliphatic heterocycles. The molecule has 2 rings (SSSR count). The number of hydrogen-bond acceptors (Lipinski definition) is 4. The number of rotatable bonds is 2. The molecular weight excluding hydrogens is 209 g/mol. The number of benzene rings is 1. The molecule has 0 fully saturated rings. The van der Waals surface area contributed by atoms with Crippen molar-refractivity contribution < 1.29 is 10.0 Å². The van der Waals surface area contributed by atoms with Crippen molar-refractivity contribution in [1.82, 2.24) is 0 Å². The monoisotopic (exact) mass is 219 g/mol. The van der Waals surface area contributed by atoms with Gasteiger partial charge in [-0.2, -0.15) is 0 Å². The molecule has 4 N–H and O–H groups in total. The molecule has 0 aliphatic carbocycles. The lowest BCUT2D eigenvalue weighted by Gasteiger charge is -2.04. The third kappa shape index (κ3) is 1.90. The molecule has 76 valence electrons. The van der Waals surface area contributed by atoms with Gasteiger partial charge in [0, 0.05) is 11.0 Å². The van der Waals surface area contributed by atoms with Crippen LogP contribution in [0.2, 0.25) is 0 Å². The molecule has 0 radical (unpaired) electrons. The zero-order valence-corrected chi connectivity index (χ0v) is 8.74. The van der Waals surface area contributed by atoms with Crippen LogP contribution in [0.5, 0.6) is 0 Å². The first kappa shape index (κ1) is 10.2. The highest BCUT2D eigenvalue weighted by atomic mass is 32.1. The van der Waals surface area contributed by atoms with Crippen LogP contribution in [0, 0.1) is 0 Å². The normalized spacial score (nSPS) is 10.3. The summed E-state index contributed by atoms with van der Waals surface area (Å²) in [5.41, 5.74) is 7.89. The summed E-state index contributed by atoms with van der Waals surface area (Å²) in [5, 5.41) is 20.6. The van der Waals surface area contributed by atoms with Crippen LogP contribution < -0.4 is 11.2 Å². The van der Waals surface area contributed by atoms with E-state index in [1.807, 2.05) is 30.3 Å². The van der Waals surface area contributed by atoms with Gasteiger partial charge in [0.05, 0.1) is 5.00 Å². The van der Waals surface area contributed by atoms with Crippen molar-refractivity contribution in [3.63, 3.8) is 0 Å². The molecule has 3 nitrogen and oxygen atoms in total. The van der Waals surface area contributed by atoms with Crippen LogP contribution in [0.15, 0.2) is 35.7 Å². The van der Waals surface area contributed by atoms with E-state index < -0.39 is 7.12 Å². The summed E-state index contributed by atoms with van der Waals surface area (Å²) in [4.78, 5) is 0. The fourth-order valence-electron chi connectivity index (χ4n) is 1.49. The Morgan fingerprint density at radius 1 is 1.13 bits per heavy atom. The van der Waals surface area contributed by atoms with Crippen LogP contribution in [0.1, 0.15) is 0 Å². The van der Waals surface area contributed by atoms with Gasteiger partial charge in [0.1, 0.15) is 0 Å². The predicted octanol–water partition coefficient (Wildman–Crippen LogP) is 0.677. The molecule has 0 saturated heterocycles. The fraction of sp³-hybridized carbons (Fsp3) is 0. The number of hydrogen-bond donors (Lipinski definition) is 3. The Hall–Kier alpha value is -1.30. The Balaban J connectivity index is 2.57. The van der Waals surface area contributed by atoms with Gasteiger partial charge in [-0.3, -0.25) is 0 Å². The zero-order valence-electron chi connectivity index (χ0n) is 7.92. The Morgan fingerprint density at radius 2 is 1.80 bits per heavy atom. The lowest BCUT2D eigenvalue weighted by molar-refractivity contribution is 0.426. The van der Waals surface area contributed by atoms with Crippen molar-refractivity contribution in [2.24, 2.45) is 0 Å². The van der Waals surface area contributed by atoms with Gasteiger partial charge in [0.25, 0.3) is 0 Å². The van der Waals surface area contributed by atoms with Crippen LogP contribution in [0.4, 0.5) is 5.00 Å². The maximum atomic E-state index is 9.19. The standard InChI is InChI=1S/C10H10BNO2S/c12-10-9(7-4-2-1-3-5-7)8(6-15-10)11(13)14/h1-6,13-14H,12H2. The van der Waals surface area contributed by atoms with Crippen molar-refractivity contribution in [3.8, 4) is 11.1 Å². The third-order valence-electron chi connectivity index (χ3n) is 2.19. The number of nitrogen functional groups attached to an aromatic ring is 1. The minimum Gasteiger partial charge on any atom is -0.423 e. The Morgan fingerprint density at radius 3 is 2.40 bits per heavy atom. The first-order chi connectivity index (χ1) is 7.20. The molecule has 15 heavy (non-hydrogen) atoms. The molecule has 0 unspecified atom stereocenters. The molecule has 1 aromatic heterocycles. The number of anilines is 1. The van der Waals surface area contributed by atoms with E-state index in [0.717, 1.165) is 11.1 Å². The quantitative estimate of drug-likeness (QED) is 0.650. The number of thiophene rings is 1. The summed E-state index contributed by atoms with van der Waals surface area (Å²) in [7, 11) is -1.48. The van der Waals surface area contributed by atoms with E-state index in [1.54, 1.807) is 5.38 Å². The van der Waals surface area contributed by atoms with Crippen molar-refractivity contribution in [1.29, 1.82) is 0 Å². The largest absolute Gasteiger partial charge is 0.490 e. The average molecular weight is 219 g/mol. The van der Waals surface area contributed by atoms with Gasteiger partial charge in [0.15, 0.2) is 0 Å². The highest BCUT2D eigenvalue weighted by molar-refractivity contribution is 7.16.